The largest absolute Gasteiger partial charge is 0.299 e. The van der Waals surface area contributed by atoms with Gasteiger partial charge in [-0.1, -0.05) is 30.3 Å². The second kappa shape index (κ2) is 6.43. The lowest BCUT2D eigenvalue weighted by Crippen LogP contribution is -1.60. The Bertz CT molecular complexity index is 498. The maximum Gasteiger partial charge on any atom is 0.143 e. The molecule has 1 rings (SSSR count). The van der Waals surface area contributed by atoms with Crippen molar-refractivity contribution >= 4 is 17.6 Å². The molecule has 0 aromatic carbocycles. The molecule has 0 spiro atoms. The van der Waals surface area contributed by atoms with Crippen LogP contribution in [0, 0.1) is 23.7 Å². The fourth-order valence-electron chi connectivity index (χ4n) is 0.795. The van der Waals surface area contributed by atoms with E-state index in [9.17, 15) is 4.79 Å². The molecule has 0 aliphatic rings. The molecule has 2 heteroatoms. The molecule has 0 aliphatic carbocycles. The topological polar surface area (TPSA) is 17.1 Å². The first kappa shape index (κ1) is 11.0. The average Bonchev–Trinajstić information content (AvgIpc) is 2.69. The second-order valence-electron chi connectivity index (χ2n) is 2.40. The highest BCUT2D eigenvalue weighted by Crippen LogP contribution is 2.13. The van der Waals surface area contributed by atoms with E-state index in [0.717, 1.165) is 9.75 Å². The zero-order valence-electron chi connectivity index (χ0n) is 7.99. The Hall–Kier alpha value is -2.03. The predicted octanol–water partition coefficient (Wildman–Crippen LogP) is 2.39. The van der Waals surface area contributed by atoms with Gasteiger partial charge in [0.15, 0.2) is 0 Å². The molecular weight excluding hydrogens is 204 g/mol. The third-order valence-corrected chi connectivity index (χ3v) is 2.27. The van der Waals surface area contributed by atoms with Crippen LogP contribution in [0.4, 0.5) is 0 Å². The zero-order chi connectivity index (χ0) is 10.9. The minimum Gasteiger partial charge on any atom is -0.299 e. The molecule has 72 valence electrons. The van der Waals surface area contributed by atoms with Gasteiger partial charge in [0.1, 0.15) is 6.29 Å². The lowest BCUT2D eigenvalue weighted by atomic mass is 10.4. The molecule has 0 saturated heterocycles. The van der Waals surface area contributed by atoms with Crippen LogP contribution in [0.2, 0.25) is 0 Å². The smallest absolute Gasteiger partial charge is 0.143 e. The number of thiophene rings is 1. The normalized spacial score (nSPS) is 8.53. The first-order valence-corrected chi connectivity index (χ1v) is 5.02. The first-order valence-electron chi connectivity index (χ1n) is 4.21. The molecule has 1 nitrogen and oxygen atoms in total. The number of carbonyl (C=O) groups is 1. The fourth-order valence-corrected chi connectivity index (χ4v) is 1.52. The van der Waals surface area contributed by atoms with Gasteiger partial charge in [0, 0.05) is 0 Å². The van der Waals surface area contributed by atoms with Gasteiger partial charge in [-0.15, -0.1) is 11.3 Å². The summed E-state index contributed by atoms with van der Waals surface area (Å²) in [6.07, 6.45) is 5.13. The Kier molecular flexibility index (Phi) is 4.73. The molecule has 0 atom stereocenters. The number of carbonyl (C=O) groups excluding carboxylic acids is 1. The Morgan fingerprint density at radius 3 is 2.47 bits per heavy atom. The van der Waals surface area contributed by atoms with Crippen molar-refractivity contribution < 1.29 is 4.79 Å². The van der Waals surface area contributed by atoms with Gasteiger partial charge in [-0.2, -0.15) is 0 Å². The SMILES string of the molecule is C=CC#Cc1ccc(C#CC=CC=O)s1. The van der Waals surface area contributed by atoms with Gasteiger partial charge in [0.05, 0.1) is 9.75 Å². The van der Waals surface area contributed by atoms with Crippen molar-refractivity contribution in [1.82, 2.24) is 0 Å². The molecule has 0 amide bonds. The van der Waals surface area contributed by atoms with E-state index in [1.807, 2.05) is 12.1 Å². The number of hydrogen-bond acceptors (Lipinski definition) is 2. The highest BCUT2D eigenvalue weighted by molar-refractivity contribution is 7.13. The van der Waals surface area contributed by atoms with E-state index >= 15 is 0 Å². The molecule has 0 N–H and O–H groups in total. The standard InChI is InChI=1S/C13H8OS/c1-2-3-7-12-9-10-13(15-12)8-5-4-6-11-14/h2,4,6,9-11H,1H2. The average molecular weight is 212 g/mol. The summed E-state index contributed by atoms with van der Waals surface area (Å²) in [6.45, 7) is 3.51. The third kappa shape index (κ3) is 4.13. The maximum absolute atomic E-state index is 9.96. The van der Waals surface area contributed by atoms with E-state index < -0.39 is 0 Å². The summed E-state index contributed by atoms with van der Waals surface area (Å²) in [5, 5.41) is 0. The Balaban J connectivity index is 2.74. The molecule has 1 heterocycles. The van der Waals surface area contributed by atoms with E-state index in [0.29, 0.717) is 6.29 Å². The summed E-state index contributed by atoms with van der Waals surface area (Å²) in [5.41, 5.74) is 0. The lowest BCUT2D eigenvalue weighted by molar-refractivity contribution is -0.104. The Labute approximate surface area is 93.1 Å². The van der Waals surface area contributed by atoms with E-state index in [-0.39, 0.29) is 0 Å². The summed E-state index contributed by atoms with van der Waals surface area (Å²) in [7, 11) is 0. The Morgan fingerprint density at radius 1 is 1.20 bits per heavy atom. The van der Waals surface area contributed by atoms with Crippen LogP contribution in [-0.4, -0.2) is 6.29 Å². The van der Waals surface area contributed by atoms with Crippen LogP contribution in [0.15, 0.2) is 36.9 Å². The summed E-state index contributed by atoms with van der Waals surface area (Å²) in [4.78, 5) is 11.8. The van der Waals surface area contributed by atoms with Gasteiger partial charge in [0.2, 0.25) is 0 Å². The minimum absolute atomic E-state index is 0.699. The zero-order valence-corrected chi connectivity index (χ0v) is 8.80. The lowest BCUT2D eigenvalue weighted by Gasteiger charge is -1.75. The minimum atomic E-state index is 0.699. The fraction of sp³-hybridized carbons (Fsp3) is 0. The molecule has 15 heavy (non-hydrogen) atoms. The van der Waals surface area contributed by atoms with E-state index in [4.69, 9.17) is 0 Å². The second-order valence-corrected chi connectivity index (χ2v) is 3.49. The number of aldehydes is 1. The van der Waals surface area contributed by atoms with Crippen LogP contribution in [0.1, 0.15) is 9.75 Å². The number of allylic oxidation sites excluding steroid dienone is 3. The van der Waals surface area contributed by atoms with Crippen LogP contribution in [0.3, 0.4) is 0 Å². The van der Waals surface area contributed by atoms with E-state index in [1.165, 1.54) is 23.5 Å². The number of hydrogen-bond donors (Lipinski definition) is 0. The summed E-state index contributed by atoms with van der Waals surface area (Å²) in [5.74, 6) is 11.4. The third-order valence-electron chi connectivity index (χ3n) is 1.36. The molecule has 1 aromatic heterocycles. The highest BCUT2D eigenvalue weighted by atomic mass is 32.1. The van der Waals surface area contributed by atoms with Crippen molar-refractivity contribution in [3.8, 4) is 23.7 Å². The van der Waals surface area contributed by atoms with Crippen LogP contribution < -0.4 is 0 Å². The van der Waals surface area contributed by atoms with Crippen molar-refractivity contribution in [3.05, 3.63) is 46.7 Å². The summed E-state index contributed by atoms with van der Waals surface area (Å²) in [6, 6.07) is 3.81. The van der Waals surface area contributed by atoms with Gasteiger partial charge in [-0.05, 0) is 30.4 Å². The van der Waals surface area contributed by atoms with Crippen molar-refractivity contribution in [3.63, 3.8) is 0 Å². The first-order chi connectivity index (χ1) is 7.36. The van der Waals surface area contributed by atoms with Crippen LogP contribution in [-0.2, 0) is 4.79 Å². The predicted molar refractivity (Wildman–Crippen MR) is 63.5 cm³/mol. The van der Waals surface area contributed by atoms with Crippen molar-refractivity contribution in [2.75, 3.05) is 0 Å². The Morgan fingerprint density at radius 2 is 1.87 bits per heavy atom. The molecule has 0 unspecified atom stereocenters. The molecule has 0 saturated carbocycles. The summed E-state index contributed by atoms with van der Waals surface area (Å²) < 4.78 is 0. The summed E-state index contributed by atoms with van der Waals surface area (Å²) >= 11 is 1.51. The highest BCUT2D eigenvalue weighted by Gasteiger charge is 1.92. The molecule has 0 fully saturated rings. The van der Waals surface area contributed by atoms with Crippen LogP contribution in [0.25, 0.3) is 0 Å². The van der Waals surface area contributed by atoms with Gasteiger partial charge in [-0.25, -0.2) is 0 Å². The van der Waals surface area contributed by atoms with E-state index in [2.05, 4.69) is 30.3 Å². The van der Waals surface area contributed by atoms with Crippen molar-refractivity contribution in [2.45, 2.75) is 0 Å². The van der Waals surface area contributed by atoms with E-state index in [1.54, 1.807) is 6.08 Å². The van der Waals surface area contributed by atoms with Crippen LogP contribution >= 0.6 is 11.3 Å². The van der Waals surface area contributed by atoms with Gasteiger partial charge in [0.25, 0.3) is 0 Å². The maximum atomic E-state index is 9.96. The molecular formula is C13H8OS. The van der Waals surface area contributed by atoms with Crippen LogP contribution in [0.5, 0.6) is 0 Å². The monoisotopic (exact) mass is 212 g/mol. The molecule has 1 aromatic rings. The quantitative estimate of drug-likeness (QED) is 0.397. The van der Waals surface area contributed by atoms with Crippen molar-refractivity contribution in [2.24, 2.45) is 0 Å². The molecule has 0 bridgehead atoms. The van der Waals surface area contributed by atoms with Gasteiger partial charge < -0.3 is 0 Å². The number of rotatable bonds is 1. The van der Waals surface area contributed by atoms with Crippen molar-refractivity contribution in [1.29, 1.82) is 0 Å². The molecule has 0 radical (unpaired) electrons. The van der Waals surface area contributed by atoms with Gasteiger partial charge in [-0.3, -0.25) is 4.79 Å². The molecule has 0 aliphatic heterocycles. The van der Waals surface area contributed by atoms with Gasteiger partial charge >= 0.3 is 0 Å².